The van der Waals surface area contributed by atoms with Crippen molar-refractivity contribution in [3.05, 3.63) is 36.2 Å². The molecular formula is C14H18FN5O2. The molecule has 1 fully saturated rings. The van der Waals surface area contributed by atoms with Gasteiger partial charge in [0, 0.05) is 44.6 Å². The van der Waals surface area contributed by atoms with Crippen LogP contribution in [0, 0.1) is 0 Å². The van der Waals surface area contributed by atoms with Crippen LogP contribution in [0.5, 0.6) is 0 Å². The minimum absolute atomic E-state index is 0.0532. The van der Waals surface area contributed by atoms with Crippen LogP contribution in [-0.2, 0) is 13.6 Å². The summed E-state index contributed by atoms with van der Waals surface area (Å²) in [6, 6.07) is 1.44. The Morgan fingerprint density at radius 2 is 2.45 bits per heavy atom. The number of carbonyl (C=O) groups excluding carboxylic acids is 1. The van der Waals surface area contributed by atoms with Crippen LogP contribution >= 0.6 is 0 Å². The number of carbonyl (C=O) groups is 1. The summed E-state index contributed by atoms with van der Waals surface area (Å²) in [4.78, 5) is 18.1. The zero-order valence-corrected chi connectivity index (χ0v) is 12.3. The molecule has 1 N–H and O–H groups in total. The maximum Gasteiger partial charge on any atom is 0.273 e. The van der Waals surface area contributed by atoms with E-state index < -0.39 is 6.17 Å². The molecule has 0 aromatic carbocycles. The summed E-state index contributed by atoms with van der Waals surface area (Å²) in [5, 5.41) is 6.35. The number of hydrogen-bond donors (Lipinski definition) is 1. The lowest BCUT2D eigenvalue weighted by molar-refractivity contribution is 0.0930. The summed E-state index contributed by atoms with van der Waals surface area (Å²) in [6.07, 6.45) is 4.45. The van der Waals surface area contributed by atoms with Crippen LogP contribution < -0.4 is 5.32 Å². The van der Waals surface area contributed by atoms with Crippen LogP contribution in [0.4, 0.5) is 4.39 Å². The van der Waals surface area contributed by atoms with Crippen molar-refractivity contribution in [1.29, 1.82) is 0 Å². The molecule has 1 aliphatic rings. The van der Waals surface area contributed by atoms with E-state index in [1.54, 1.807) is 6.20 Å². The zero-order chi connectivity index (χ0) is 15.5. The maximum atomic E-state index is 13.7. The van der Waals surface area contributed by atoms with E-state index in [2.05, 4.69) is 20.0 Å². The van der Waals surface area contributed by atoms with Crippen molar-refractivity contribution in [2.75, 3.05) is 13.1 Å². The second-order valence-electron chi connectivity index (χ2n) is 5.47. The number of nitrogens with one attached hydrogen (secondary N) is 1. The summed E-state index contributed by atoms with van der Waals surface area (Å²) in [6.45, 7) is 1.29. The lowest BCUT2D eigenvalue weighted by Crippen LogP contribution is -2.40. The van der Waals surface area contributed by atoms with Crippen molar-refractivity contribution in [2.24, 2.45) is 7.05 Å². The monoisotopic (exact) mass is 307 g/mol. The van der Waals surface area contributed by atoms with Gasteiger partial charge in [-0.3, -0.25) is 9.69 Å². The number of halogens is 1. The Morgan fingerprint density at radius 1 is 1.59 bits per heavy atom. The summed E-state index contributed by atoms with van der Waals surface area (Å²) in [5.41, 5.74) is 0.227. The van der Waals surface area contributed by atoms with Crippen LogP contribution in [0.3, 0.4) is 0 Å². The molecule has 3 heterocycles. The van der Waals surface area contributed by atoms with Crippen molar-refractivity contribution < 1.29 is 13.7 Å². The van der Waals surface area contributed by atoms with Crippen molar-refractivity contribution in [2.45, 2.75) is 25.2 Å². The van der Waals surface area contributed by atoms with Gasteiger partial charge in [-0.2, -0.15) is 0 Å². The van der Waals surface area contributed by atoms with Gasteiger partial charge in [0.15, 0.2) is 5.69 Å². The minimum Gasteiger partial charge on any atom is -0.364 e. The highest BCUT2D eigenvalue weighted by Crippen LogP contribution is 2.21. The third-order valence-electron chi connectivity index (χ3n) is 3.91. The predicted octanol–water partition coefficient (Wildman–Crippen LogP) is 0.750. The molecule has 22 heavy (non-hydrogen) atoms. The smallest absolute Gasteiger partial charge is 0.273 e. The molecule has 118 valence electrons. The van der Waals surface area contributed by atoms with Gasteiger partial charge < -0.3 is 14.4 Å². The van der Waals surface area contributed by atoms with Gasteiger partial charge in [0.05, 0.1) is 6.54 Å². The number of hydrogen-bond acceptors (Lipinski definition) is 5. The highest BCUT2D eigenvalue weighted by molar-refractivity contribution is 5.91. The largest absolute Gasteiger partial charge is 0.364 e. The van der Waals surface area contributed by atoms with Gasteiger partial charge >= 0.3 is 0 Å². The van der Waals surface area contributed by atoms with Crippen LogP contribution in [-0.4, -0.2) is 50.8 Å². The Hall–Kier alpha value is -2.22. The fourth-order valence-corrected chi connectivity index (χ4v) is 2.69. The number of aromatic nitrogens is 3. The van der Waals surface area contributed by atoms with Crippen LogP contribution in [0.15, 0.2) is 29.2 Å². The molecule has 1 aliphatic heterocycles. The van der Waals surface area contributed by atoms with E-state index in [4.69, 9.17) is 0 Å². The molecule has 1 saturated heterocycles. The van der Waals surface area contributed by atoms with E-state index in [0.29, 0.717) is 26.1 Å². The third-order valence-corrected chi connectivity index (χ3v) is 3.91. The summed E-state index contributed by atoms with van der Waals surface area (Å²) >= 11 is 0. The molecule has 2 aromatic heterocycles. The topological polar surface area (TPSA) is 76.2 Å². The number of rotatable bonds is 5. The molecule has 0 radical (unpaired) electrons. The van der Waals surface area contributed by atoms with E-state index in [0.717, 1.165) is 5.82 Å². The third kappa shape index (κ3) is 3.16. The van der Waals surface area contributed by atoms with Crippen LogP contribution in [0.2, 0.25) is 0 Å². The number of alkyl halides is 1. The average molecular weight is 307 g/mol. The fraction of sp³-hybridized carbons (Fsp3) is 0.500. The predicted molar refractivity (Wildman–Crippen MR) is 75.8 cm³/mol. The zero-order valence-electron chi connectivity index (χ0n) is 12.3. The Bertz CT molecular complexity index is 627. The summed E-state index contributed by atoms with van der Waals surface area (Å²) in [5.74, 6) is 0.565. The Labute approximate surface area is 127 Å². The first-order valence-electron chi connectivity index (χ1n) is 7.16. The molecule has 0 aliphatic carbocycles. The molecule has 8 heteroatoms. The van der Waals surface area contributed by atoms with Gasteiger partial charge in [-0.05, 0) is 6.42 Å². The first-order chi connectivity index (χ1) is 10.6. The van der Waals surface area contributed by atoms with Crippen molar-refractivity contribution in [1.82, 2.24) is 24.9 Å². The molecule has 0 saturated carbocycles. The molecule has 7 nitrogen and oxygen atoms in total. The summed E-state index contributed by atoms with van der Waals surface area (Å²) < 4.78 is 20.3. The molecule has 0 unspecified atom stereocenters. The first-order valence-corrected chi connectivity index (χ1v) is 7.16. The summed E-state index contributed by atoms with van der Waals surface area (Å²) in [7, 11) is 1.91. The second kappa shape index (κ2) is 6.27. The van der Waals surface area contributed by atoms with Crippen molar-refractivity contribution in [3.8, 4) is 0 Å². The van der Waals surface area contributed by atoms with E-state index in [1.165, 1.54) is 12.3 Å². The Balaban J connectivity index is 1.59. The Morgan fingerprint density at radius 3 is 3.14 bits per heavy atom. The lowest BCUT2D eigenvalue weighted by atomic mass is 10.2. The number of amides is 1. The van der Waals surface area contributed by atoms with Crippen molar-refractivity contribution >= 4 is 5.91 Å². The minimum atomic E-state index is -0.880. The normalized spacial score (nSPS) is 22.1. The molecule has 2 atom stereocenters. The Kier molecular flexibility index (Phi) is 4.19. The van der Waals surface area contributed by atoms with E-state index in [9.17, 15) is 9.18 Å². The second-order valence-corrected chi connectivity index (χ2v) is 5.47. The molecular weight excluding hydrogens is 289 g/mol. The number of nitrogens with zero attached hydrogens (tertiary/aromatic N) is 4. The van der Waals surface area contributed by atoms with E-state index in [-0.39, 0.29) is 17.6 Å². The van der Waals surface area contributed by atoms with E-state index in [1.807, 2.05) is 22.7 Å². The molecule has 3 rings (SSSR count). The van der Waals surface area contributed by atoms with Crippen LogP contribution in [0.25, 0.3) is 0 Å². The molecule has 0 bridgehead atoms. The highest BCUT2D eigenvalue weighted by atomic mass is 19.1. The molecule has 1 amide bonds. The maximum absolute atomic E-state index is 13.7. The molecule has 0 spiro atoms. The SMILES string of the molecule is Cn1ccnc1CN1C[C@@H](F)C[C@H]1CNC(=O)c1ccon1. The lowest BCUT2D eigenvalue weighted by Gasteiger charge is -2.23. The standard InChI is InChI=1S/C14H18FN5O2/c1-19-4-3-16-13(19)9-20-8-10(15)6-11(20)7-17-14(21)12-2-5-22-18-12/h2-5,10-11H,6-9H2,1H3,(H,17,21)/t10-,11-/m0/s1. The van der Waals surface area contributed by atoms with Gasteiger partial charge in [0.2, 0.25) is 0 Å². The number of imidazole rings is 1. The highest BCUT2D eigenvalue weighted by Gasteiger charge is 2.33. The van der Waals surface area contributed by atoms with E-state index >= 15 is 0 Å². The van der Waals surface area contributed by atoms with Gasteiger partial charge in [0.25, 0.3) is 5.91 Å². The van der Waals surface area contributed by atoms with Gasteiger partial charge in [-0.15, -0.1) is 0 Å². The van der Waals surface area contributed by atoms with Crippen LogP contribution in [0.1, 0.15) is 22.7 Å². The average Bonchev–Trinajstić information content (AvgIpc) is 3.20. The molecule has 2 aromatic rings. The first kappa shape index (κ1) is 14.7. The van der Waals surface area contributed by atoms with Gasteiger partial charge in [0.1, 0.15) is 18.3 Å². The number of aryl methyl sites for hydroxylation is 1. The van der Waals surface area contributed by atoms with Gasteiger partial charge in [-0.25, -0.2) is 9.37 Å². The van der Waals surface area contributed by atoms with Gasteiger partial charge in [-0.1, -0.05) is 5.16 Å². The quantitative estimate of drug-likeness (QED) is 0.882. The number of likely N-dealkylation sites (tertiary alicyclic amines) is 1. The van der Waals surface area contributed by atoms with Crippen molar-refractivity contribution in [3.63, 3.8) is 0 Å². The fourth-order valence-electron chi connectivity index (χ4n) is 2.69.